The molecule has 30 heteroatoms. The number of ether oxygens (including phenoxy) is 2. The molecule has 0 amide bonds. The summed E-state index contributed by atoms with van der Waals surface area (Å²) in [5, 5.41) is 30.5. The molecule has 5 fully saturated rings. The number of rotatable bonds is 17. The second kappa shape index (κ2) is 46.0. The molecule has 125 heavy (non-hydrogen) atoms. The SMILES string of the molecule is C=CC(=C)C.C=CC(=O)OCC(F)(F)F.CC1=CC[C@H](C(=O)OCC(F)(F)F)CC1.CS(=O)(=O)CS(=O)(=O)C(F)(F)F.Cc1ccccc1B(O)O.Cc1ccccc1B1OC(c2ccccc2)(c2ccccc2)[C@@H]2CCCN12.Cc1ccccc1B1OC(c2ccccc2)(c2ccccc2)[C@@H]2CCCN12.OC(c1ccccc1)(c1ccccc1)[C@@H]1CCCN1. The van der Waals surface area contributed by atoms with Gasteiger partial charge in [0.05, 0.1) is 5.92 Å². The lowest BCUT2D eigenvalue weighted by molar-refractivity contribution is -0.189. The first-order valence-corrected chi connectivity index (χ1v) is 44.6. The number of nitrogens with zero attached hydrogens (tertiary/aromatic N) is 2. The van der Waals surface area contributed by atoms with E-state index in [1.54, 1.807) is 18.2 Å². The molecule has 0 spiro atoms. The number of halogens is 9. The molecule has 664 valence electrons. The van der Waals surface area contributed by atoms with E-state index in [2.05, 4.69) is 228 Å². The fourth-order valence-corrected chi connectivity index (χ4v) is 18.7. The molecule has 4 N–H and O–H groups in total. The molecule has 0 radical (unpaired) electrons. The molecule has 5 saturated heterocycles. The van der Waals surface area contributed by atoms with Gasteiger partial charge in [0.2, 0.25) is 0 Å². The van der Waals surface area contributed by atoms with Gasteiger partial charge in [-0.25, -0.2) is 21.6 Å². The van der Waals surface area contributed by atoms with E-state index in [9.17, 15) is 71.0 Å². The van der Waals surface area contributed by atoms with Crippen LogP contribution >= 0.6 is 0 Å². The molecule has 4 atom stereocenters. The standard InChI is InChI=1S/2C24H24BNO.C17H19NO.C10H13F3O2.C7H9BO2.C5H5F3O2.C5H8.C3H5F3O4S2/c2*1-19-11-8-9-16-22(19)25-26-18-10-17-23(26)24(27-25,20-12-4-2-5-13-20)21-14-6-3-7-15-21;19-17(16-12-7-13-18-16,14-8-3-1-4-9-14)15-10-5-2-6-11-15;1-7-2-4-8(5-3-7)9(14)15-6-10(11,12)13;1-6-4-2-3-5-7(6)8(9)10;1-2-4(9)10-3-5(6,7)8;1-4-5(2)3;1-11(7,8)2-12(9,10)3(4,5)6/h2*2-9,11-16,23H,10,17-18H2,1H3;1-6,8-11,16,18-19H,7,12-13H2;2,8H,3-6H2,1H3;2-5,9-10H,1H3;2H,1,3H2;4H,1-2H2,3H3;2H2,1H3/t2*23-;16-;8-;;;;/m0000..../s1. The highest BCUT2D eigenvalue weighted by Gasteiger charge is 2.61. The molecule has 1 aliphatic carbocycles. The van der Waals surface area contributed by atoms with Gasteiger partial charge in [-0.3, -0.25) is 4.79 Å². The third-order valence-electron chi connectivity index (χ3n) is 21.9. The Bertz CT molecular complexity index is 4930. The predicted molar refractivity (Wildman–Crippen MR) is 475 cm³/mol. The largest absolute Gasteiger partial charge is 0.498 e. The van der Waals surface area contributed by atoms with Gasteiger partial charge in [0.15, 0.2) is 28.1 Å². The lowest BCUT2D eigenvalue weighted by atomic mass is 9.70. The van der Waals surface area contributed by atoms with Crippen LogP contribution in [0.4, 0.5) is 39.5 Å². The zero-order chi connectivity index (χ0) is 91.4. The Morgan fingerprint density at radius 2 is 0.904 bits per heavy atom. The third-order valence-corrected chi connectivity index (χ3v) is 25.5. The normalized spacial score (nSPS) is 18.1. The monoisotopic (exact) mass is 1770 g/mol. The summed E-state index contributed by atoms with van der Waals surface area (Å²) >= 11 is 0. The highest BCUT2D eigenvalue weighted by atomic mass is 32.3. The number of nitrogens with one attached hydrogen (secondary N) is 1. The number of fused-ring (bicyclic) bond motifs is 2. The van der Waals surface area contributed by atoms with Crippen LogP contribution in [0.3, 0.4) is 0 Å². The van der Waals surface area contributed by atoms with Crippen molar-refractivity contribution in [2.75, 3.05) is 44.2 Å². The molecule has 9 aromatic carbocycles. The number of aliphatic hydroxyl groups is 1. The van der Waals surface area contributed by atoms with Crippen molar-refractivity contribution in [2.24, 2.45) is 5.92 Å². The van der Waals surface area contributed by atoms with E-state index in [0.717, 1.165) is 74.0 Å². The van der Waals surface area contributed by atoms with Crippen LogP contribution in [0.2, 0.25) is 0 Å². The molecule has 0 unspecified atom stereocenters. The van der Waals surface area contributed by atoms with Crippen molar-refractivity contribution in [3.63, 3.8) is 0 Å². The van der Waals surface area contributed by atoms with Crippen LogP contribution in [0.1, 0.15) is 122 Å². The van der Waals surface area contributed by atoms with Crippen LogP contribution < -0.4 is 21.7 Å². The topological polar surface area (TPSA) is 219 Å². The Morgan fingerprint density at radius 1 is 0.536 bits per heavy atom. The number of alkyl halides is 9. The number of sulfone groups is 2. The summed E-state index contributed by atoms with van der Waals surface area (Å²) < 4.78 is 166. The minimum atomic E-state index is -5.54. The first-order chi connectivity index (χ1) is 59.2. The van der Waals surface area contributed by atoms with E-state index in [1.807, 2.05) is 99.6 Å². The number of esters is 2. The Kier molecular flexibility index (Phi) is 36.9. The van der Waals surface area contributed by atoms with Crippen LogP contribution in [-0.2, 0) is 64.8 Å². The zero-order valence-electron chi connectivity index (χ0n) is 70.8. The van der Waals surface area contributed by atoms with Crippen molar-refractivity contribution in [3.05, 3.63) is 354 Å². The quantitative estimate of drug-likeness (QED) is 0.0166. The summed E-state index contributed by atoms with van der Waals surface area (Å²) in [5.74, 6) is -2.22. The summed E-state index contributed by atoms with van der Waals surface area (Å²) in [4.78, 5) is 26.4. The van der Waals surface area contributed by atoms with Gasteiger partial charge in [-0.15, -0.1) is 0 Å². The summed E-state index contributed by atoms with van der Waals surface area (Å²) in [5.41, 5.74) is 8.47. The van der Waals surface area contributed by atoms with Crippen LogP contribution in [0, 0.1) is 26.7 Å². The second-order valence-corrected chi connectivity index (χ2v) is 35.6. The van der Waals surface area contributed by atoms with Crippen molar-refractivity contribution < 1.29 is 99.9 Å². The predicted octanol–water partition coefficient (Wildman–Crippen LogP) is 16.4. The van der Waals surface area contributed by atoms with Crippen molar-refractivity contribution in [1.82, 2.24) is 14.9 Å². The highest BCUT2D eigenvalue weighted by Crippen LogP contribution is 2.51. The average molecular weight is 1770 g/mol. The van der Waals surface area contributed by atoms with Gasteiger partial charge in [0.25, 0.3) is 9.84 Å². The fourth-order valence-electron chi connectivity index (χ4n) is 15.9. The summed E-state index contributed by atoms with van der Waals surface area (Å²) in [6.45, 7) is 20.1. The Hall–Kier alpha value is -9.98. The maximum atomic E-state index is 11.8. The Morgan fingerprint density at radius 3 is 1.21 bits per heavy atom. The number of hydrogen-bond acceptors (Lipinski definition) is 16. The molecular formula is C95H107B3F9N3O13S2. The number of allylic oxidation sites excluding steroid dienone is 4. The van der Waals surface area contributed by atoms with Gasteiger partial charge >= 0.3 is 51.0 Å². The van der Waals surface area contributed by atoms with Crippen LogP contribution in [0.15, 0.2) is 304 Å². The smallest absolute Gasteiger partial charge is 0.456 e. The number of aryl methyl sites for hydroxylation is 3. The summed E-state index contributed by atoms with van der Waals surface area (Å²) in [7, 11) is -11.1. The molecule has 0 bridgehead atoms. The van der Waals surface area contributed by atoms with E-state index in [4.69, 9.17) is 19.4 Å². The van der Waals surface area contributed by atoms with E-state index < -0.39 is 97.6 Å². The third kappa shape index (κ3) is 27.8. The van der Waals surface area contributed by atoms with E-state index in [1.165, 1.54) is 62.7 Å². The van der Waals surface area contributed by atoms with E-state index in [-0.39, 0.29) is 20.1 Å². The summed E-state index contributed by atoms with van der Waals surface area (Å²) in [6, 6.07) is 88.4. The van der Waals surface area contributed by atoms with Gasteiger partial charge in [0, 0.05) is 30.5 Å². The lowest BCUT2D eigenvalue weighted by Gasteiger charge is -2.36. The molecule has 5 aliphatic heterocycles. The number of benzene rings is 9. The zero-order valence-corrected chi connectivity index (χ0v) is 72.4. The van der Waals surface area contributed by atoms with Gasteiger partial charge < -0.3 is 48.9 Å². The first kappa shape index (κ1) is 100. The molecular weight excluding hydrogens is 1660 g/mol. The minimum Gasteiger partial charge on any atom is -0.456 e. The van der Waals surface area contributed by atoms with Crippen molar-refractivity contribution in [1.29, 1.82) is 0 Å². The van der Waals surface area contributed by atoms with E-state index in [0.29, 0.717) is 42.7 Å². The number of carbonyl (C=O) groups is 2. The number of hydrogen-bond donors (Lipinski definition) is 4. The molecule has 0 saturated carbocycles. The first-order valence-electron chi connectivity index (χ1n) is 40.9. The molecule has 6 aliphatic rings. The highest BCUT2D eigenvalue weighted by molar-refractivity contribution is 8.08. The average Bonchev–Trinajstić information content (AvgIpc) is 1.56. The van der Waals surface area contributed by atoms with Crippen LogP contribution in [0.25, 0.3) is 0 Å². The maximum absolute atomic E-state index is 11.8. The molecule has 15 rings (SSSR count). The van der Waals surface area contributed by atoms with E-state index >= 15 is 0 Å². The number of carbonyl (C=O) groups excluding carboxylic acids is 2. The van der Waals surface area contributed by atoms with Crippen LogP contribution in [-0.4, -0.2) is 155 Å². The lowest BCUT2D eigenvalue weighted by Crippen LogP contribution is -2.46. The van der Waals surface area contributed by atoms with Crippen molar-refractivity contribution in [3.8, 4) is 0 Å². The van der Waals surface area contributed by atoms with Gasteiger partial charge in [-0.1, -0.05) is 315 Å². The van der Waals surface area contributed by atoms with Crippen molar-refractivity contribution in [2.45, 2.75) is 145 Å². The fraction of sp³-hybridized carbons (Fsp3) is 0.326. The van der Waals surface area contributed by atoms with Gasteiger partial charge in [-0.2, -0.15) is 39.5 Å². The molecule has 16 nitrogen and oxygen atoms in total. The molecule has 9 aromatic rings. The second-order valence-electron chi connectivity index (χ2n) is 31.1. The van der Waals surface area contributed by atoms with Gasteiger partial charge in [-0.05, 0) is 162 Å². The minimum absolute atomic E-state index is 0.000822. The molecule has 0 aromatic heterocycles. The summed E-state index contributed by atoms with van der Waals surface area (Å²) in [6.07, 6.45) is 4.49. The maximum Gasteiger partial charge on any atom is 0.498 e. The Balaban J connectivity index is 0.000000185. The van der Waals surface area contributed by atoms with Crippen LogP contribution in [0.5, 0.6) is 0 Å². The van der Waals surface area contributed by atoms with Gasteiger partial charge in [0.1, 0.15) is 16.8 Å². The Labute approximate surface area is 729 Å². The molecule has 5 heterocycles. The van der Waals surface area contributed by atoms with Crippen molar-refractivity contribution >= 4 is 69.2 Å².